The van der Waals surface area contributed by atoms with Crippen LogP contribution in [0.4, 0.5) is 17.3 Å². The minimum Gasteiger partial charge on any atom is -0.383 e. The van der Waals surface area contributed by atoms with E-state index < -0.39 is 4.92 Å². The lowest BCUT2D eigenvalue weighted by atomic mass is 10.3. The van der Waals surface area contributed by atoms with Crippen molar-refractivity contribution in [1.29, 1.82) is 0 Å². The number of nitrogen functional groups attached to an aromatic ring is 1. The van der Waals surface area contributed by atoms with E-state index in [9.17, 15) is 14.9 Å². The Labute approximate surface area is 110 Å². The Hall–Kier alpha value is -2.38. The molecule has 0 aromatic carbocycles. The molecule has 1 aromatic rings. The first-order valence-corrected chi connectivity index (χ1v) is 5.88. The molecule has 2 rings (SSSR count). The molecule has 0 radical (unpaired) electrons. The summed E-state index contributed by atoms with van der Waals surface area (Å²) in [5, 5.41) is 10.8. The summed E-state index contributed by atoms with van der Waals surface area (Å²) < 4.78 is 0. The number of nitro groups is 1. The van der Waals surface area contributed by atoms with Gasteiger partial charge in [-0.1, -0.05) is 0 Å². The summed E-state index contributed by atoms with van der Waals surface area (Å²) in [4.78, 5) is 29.5. The Morgan fingerprint density at radius 3 is 2.84 bits per heavy atom. The van der Waals surface area contributed by atoms with Crippen LogP contribution in [0.1, 0.15) is 6.42 Å². The molecule has 2 heterocycles. The van der Waals surface area contributed by atoms with Crippen LogP contribution in [0, 0.1) is 10.1 Å². The highest BCUT2D eigenvalue weighted by Crippen LogP contribution is 2.22. The summed E-state index contributed by atoms with van der Waals surface area (Å²) >= 11 is 0. The van der Waals surface area contributed by atoms with Crippen LogP contribution < -0.4 is 10.6 Å². The normalized spacial score (nSPS) is 16.4. The molecule has 19 heavy (non-hydrogen) atoms. The average molecular weight is 265 g/mol. The summed E-state index contributed by atoms with van der Waals surface area (Å²) in [6, 6.07) is 2.55. The largest absolute Gasteiger partial charge is 0.383 e. The van der Waals surface area contributed by atoms with E-state index in [0.717, 1.165) is 6.42 Å². The number of aromatic nitrogens is 1. The van der Waals surface area contributed by atoms with Crippen LogP contribution >= 0.6 is 0 Å². The van der Waals surface area contributed by atoms with Crippen LogP contribution in [-0.2, 0) is 4.79 Å². The first-order chi connectivity index (χ1) is 8.97. The van der Waals surface area contributed by atoms with Crippen molar-refractivity contribution in [3.63, 3.8) is 0 Å². The first kappa shape index (κ1) is 13.1. The smallest absolute Gasteiger partial charge is 0.276 e. The first-order valence-electron chi connectivity index (χ1n) is 5.88. The summed E-state index contributed by atoms with van der Waals surface area (Å²) in [6.45, 7) is 1.44. The summed E-state index contributed by atoms with van der Waals surface area (Å²) in [5.74, 6) is 0.411. The highest BCUT2D eigenvalue weighted by atomic mass is 16.6. The van der Waals surface area contributed by atoms with Crippen LogP contribution in [-0.4, -0.2) is 47.4 Å². The monoisotopic (exact) mass is 265 g/mol. The van der Waals surface area contributed by atoms with Crippen molar-refractivity contribution >= 4 is 23.2 Å². The maximum atomic E-state index is 11.8. The molecule has 0 spiro atoms. The van der Waals surface area contributed by atoms with Gasteiger partial charge in [0.05, 0.1) is 23.6 Å². The topological polar surface area (TPSA) is 106 Å². The van der Waals surface area contributed by atoms with Gasteiger partial charge in [-0.25, -0.2) is 4.98 Å². The van der Waals surface area contributed by atoms with E-state index in [2.05, 4.69) is 4.98 Å². The standard InChI is InChI=1S/C11H15N5O3/c1-14-3-2-4-15(7-11(14)17)10-6-8(16(18)19)5-9(12)13-10/h5-6H,2-4,7H2,1H3,(H2,12,13). The Balaban J connectivity index is 2.30. The van der Waals surface area contributed by atoms with Crippen molar-refractivity contribution in [2.45, 2.75) is 6.42 Å². The highest BCUT2D eigenvalue weighted by Gasteiger charge is 2.22. The van der Waals surface area contributed by atoms with Gasteiger partial charge in [0.25, 0.3) is 5.69 Å². The Morgan fingerprint density at radius 1 is 1.42 bits per heavy atom. The molecule has 8 nitrogen and oxygen atoms in total. The van der Waals surface area contributed by atoms with Crippen molar-refractivity contribution in [1.82, 2.24) is 9.88 Å². The molecule has 1 fully saturated rings. The number of nitrogens with zero attached hydrogens (tertiary/aromatic N) is 4. The van der Waals surface area contributed by atoms with Crippen LogP contribution in [0.15, 0.2) is 12.1 Å². The van der Waals surface area contributed by atoms with Gasteiger partial charge in [0.15, 0.2) is 0 Å². The highest BCUT2D eigenvalue weighted by molar-refractivity contribution is 5.81. The van der Waals surface area contributed by atoms with E-state index in [-0.39, 0.29) is 24.0 Å². The zero-order valence-corrected chi connectivity index (χ0v) is 10.6. The predicted molar refractivity (Wildman–Crippen MR) is 69.8 cm³/mol. The van der Waals surface area contributed by atoms with Crippen LogP contribution in [0.2, 0.25) is 0 Å². The Bertz CT molecular complexity index is 519. The van der Waals surface area contributed by atoms with E-state index in [1.165, 1.54) is 12.1 Å². The number of amides is 1. The van der Waals surface area contributed by atoms with Gasteiger partial charge in [-0.05, 0) is 6.42 Å². The molecule has 2 N–H and O–H groups in total. The summed E-state index contributed by atoms with van der Waals surface area (Å²) in [7, 11) is 1.74. The van der Waals surface area contributed by atoms with Gasteiger partial charge in [0.2, 0.25) is 5.91 Å². The number of rotatable bonds is 2. The number of anilines is 2. The molecule has 0 atom stereocenters. The Morgan fingerprint density at radius 2 is 2.16 bits per heavy atom. The minimum atomic E-state index is -0.521. The van der Waals surface area contributed by atoms with Crippen molar-refractivity contribution in [3.8, 4) is 0 Å². The van der Waals surface area contributed by atoms with Gasteiger partial charge in [0.1, 0.15) is 11.6 Å². The van der Waals surface area contributed by atoms with Crippen LogP contribution in [0.5, 0.6) is 0 Å². The van der Waals surface area contributed by atoms with Crippen molar-refractivity contribution in [2.24, 2.45) is 0 Å². The second-order valence-electron chi connectivity index (χ2n) is 4.46. The van der Waals surface area contributed by atoms with Gasteiger partial charge in [0, 0.05) is 20.1 Å². The number of hydrogen-bond acceptors (Lipinski definition) is 6. The van der Waals surface area contributed by atoms with Crippen molar-refractivity contribution in [2.75, 3.05) is 37.3 Å². The molecule has 0 saturated carbocycles. The van der Waals surface area contributed by atoms with Gasteiger partial charge < -0.3 is 15.5 Å². The molecule has 1 saturated heterocycles. The molecule has 1 amide bonds. The fourth-order valence-corrected chi connectivity index (χ4v) is 1.97. The molecule has 1 aliphatic rings. The molecular formula is C11H15N5O3. The lowest BCUT2D eigenvalue weighted by Crippen LogP contribution is -2.34. The molecular weight excluding hydrogens is 250 g/mol. The lowest BCUT2D eigenvalue weighted by Gasteiger charge is -2.20. The van der Waals surface area contributed by atoms with E-state index >= 15 is 0 Å². The number of hydrogen-bond donors (Lipinski definition) is 1. The molecule has 1 aromatic heterocycles. The number of carbonyl (C=O) groups excluding carboxylic acids is 1. The van der Waals surface area contributed by atoms with Crippen molar-refractivity contribution in [3.05, 3.63) is 22.2 Å². The maximum absolute atomic E-state index is 11.8. The van der Waals surface area contributed by atoms with E-state index in [1.54, 1.807) is 16.8 Å². The van der Waals surface area contributed by atoms with Gasteiger partial charge in [-0.2, -0.15) is 0 Å². The number of nitrogens with two attached hydrogens (primary N) is 1. The van der Waals surface area contributed by atoms with E-state index in [4.69, 9.17) is 5.73 Å². The van der Waals surface area contributed by atoms with E-state index in [1.807, 2.05) is 0 Å². The molecule has 8 heteroatoms. The zero-order chi connectivity index (χ0) is 14.0. The fraction of sp³-hybridized carbons (Fsp3) is 0.455. The second kappa shape index (κ2) is 5.09. The SMILES string of the molecule is CN1CCCN(c2cc([N+](=O)[O-])cc(N)n2)CC1=O. The zero-order valence-electron chi connectivity index (χ0n) is 10.6. The van der Waals surface area contributed by atoms with Gasteiger partial charge in [-0.3, -0.25) is 14.9 Å². The average Bonchev–Trinajstić information content (AvgIpc) is 2.51. The third kappa shape index (κ3) is 2.90. The van der Waals surface area contributed by atoms with Crippen molar-refractivity contribution < 1.29 is 9.72 Å². The van der Waals surface area contributed by atoms with Crippen LogP contribution in [0.25, 0.3) is 0 Å². The number of pyridine rings is 1. The van der Waals surface area contributed by atoms with Gasteiger partial charge in [-0.15, -0.1) is 0 Å². The lowest BCUT2D eigenvalue weighted by molar-refractivity contribution is -0.384. The summed E-state index contributed by atoms with van der Waals surface area (Å²) in [6.07, 6.45) is 0.784. The third-order valence-corrected chi connectivity index (χ3v) is 3.02. The molecule has 0 unspecified atom stereocenters. The van der Waals surface area contributed by atoms with Crippen LogP contribution in [0.3, 0.4) is 0 Å². The molecule has 0 aliphatic carbocycles. The number of carbonyl (C=O) groups is 1. The third-order valence-electron chi connectivity index (χ3n) is 3.02. The quantitative estimate of drug-likeness (QED) is 0.606. The minimum absolute atomic E-state index is 0.0376. The van der Waals surface area contributed by atoms with E-state index in [0.29, 0.717) is 18.9 Å². The maximum Gasteiger partial charge on any atom is 0.276 e. The molecule has 0 bridgehead atoms. The second-order valence-corrected chi connectivity index (χ2v) is 4.46. The molecule has 1 aliphatic heterocycles. The molecule has 102 valence electrons. The fourth-order valence-electron chi connectivity index (χ4n) is 1.97. The Kier molecular flexibility index (Phi) is 3.50. The summed E-state index contributed by atoms with van der Waals surface area (Å²) in [5.41, 5.74) is 5.45. The number of likely N-dealkylation sites (N-methyl/N-ethyl adjacent to an activating group) is 1. The predicted octanol–water partition coefficient (Wildman–Crippen LogP) is 0.240. The van der Waals surface area contributed by atoms with Gasteiger partial charge >= 0.3 is 0 Å².